The minimum atomic E-state index is -1.01. The summed E-state index contributed by atoms with van der Waals surface area (Å²) in [5, 5.41) is 9.68. The second-order valence-electron chi connectivity index (χ2n) is 8.28. The highest BCUT2D eigenvalue weighted by atomic mass is 16.4. The first-order valence-corrected chi connectivity index (χ1v) is 11.2. The maximum Gasteiger partial charge on any atom is 0.336 e. The lowest BCUT2D eigenvalue weighted by Crippen LogP contribution is -2.30. The molecule has 0 amide bonds. The van der Waals surface area contributed by atoms with Crippen molar-refractivity contribution in [2.24, 2.45) is 0 Å². The molecule has 3 aromatic carbocycles. The molecule has 0 spiro atoms. The molecular weight excluding hydrogens is 428 g/mol. The van der Waals surface area contributed by atoms with E-state index in [0.717, 1.165) is 23.2 Å². The molecule has 1 unspecified atom stereocenters. The molecule has 4 aromatic rings. The quantitative estimate of drug-likeness (QED) is 0.413. The molecule has 6 nitrogen and oxygen atoms in total. The molecule has 0 saturated carbocycles. The van der Waals surface area contributed by atoms with Crippen LogP contribution in [-0.4, -0.2) is 26.1 Å². The maximum atomic E-state index is 13.5. The molecule has 1 heterocycles. The minimum absolute atomic E-state index is 0.0518. The molecule has 1 aromatic heterocycles. The summed E-state index contributed by atoms with van der Waals surface area (Å²) in [4.78, 5) is 38.4. The van der Waals surface area contributed by atoms with E-state index >= 15 is 0 Å². The van der Waals surface area contributed by atoms with E-state index in [1.165, 1.54) is 4.57 Å². The molecule has 0 aliphatic rings. The summed E-state index contributed by atoms with van der Waals surface area (Å²) < 4.78 is 2.79. The van der Waals surface area contributed by atoms with Crippen molar-refractivity contribution in [3.63, 3.8) is 0 Å². The van der Waals surface area contributed by atoms with Crippen molar-refractivity contribution in [2.75, 3.05) is 0 Å². The first-order valence-electron chi connectivity index (χ1n) is 11.2. The standard InChI is InChI=1S/C28H26N2O4/c1-3-19(2)25-18-30(26(31)20-11-5-4-6-12-20)28(34)29(25)17-21-13-7-8-14-22(21)23-15-9-10-16-24(23)27(32)33/h4-16,18-19H,3,17H2,1-2H3,(H,32,33). The summed E-state index contributed by atoms with van der Waals surface area (Å²) >= 11 is 0. The van der Waals surface area contributed by atoms with Gasteiger partial charge in [0.2, 0.25) is 0 Å². The highest BCUT2D eigenvalue weighted by Crippen LogP contribution is 2.29. The van der Waals surface area contributed by atoms with Crippen LogP contribution in [0.3, 0.4) is 0 Å². The van der Waals surface area contributed by atoms with Crippen molar-refractivity contribution in [1.82, 2.24) is 9.13 Å². The number of aromatic carboxylic acids is 1. The van der Waals surface area contributed by atoms with Crippen LogP contribution in [0.15, 0.2) is 89.9 Å². The number of benzene rings is 3. The molecule has 0 fully saturated rings. The van der Waals surface area contributed by atoms with E-state index in [0.29, 0.717) is 11.1 Å². The Kier molecular flexibility index (Phi) is 6.59. The Balaban J connectivity index is 1.83. The number of nitrogens with zero attached hydrogens (tertiary/aromatic N) is 2. The monoisotopic (exact) mass is 454 g/mol. The van der Waals surface area contributed by atoms with Gasteiger partial charge < -0.3 is 5.11 Å². The van der Waals surface area contributed by atoms with Crippen LogP contribution in [0.5, 0.6) is 0 Å². The molecule has 172 valence electrons. The summed E-state index contributed by atoms with van der Waals surface area (Å²) in [6.45, 7) is 4.28. The van der Waals surface area contributed by atoms with Gasteiger partial charge in [0.15, 0.2) is 0 Å². The minimum Gasteiger partial charge on any atom is -0.478 e. The summed E-state index contributed by atoms with van der Waals surface area (Å²) in [5.41, 5.74) is 3.11. The largest absolute Gasteiger partial charge is 0.478 e. The zero-order valence-electron chi connectivity index (χ0n) is 19.1. The predicted molar refractivity (Wildman–Crippen MR) is 132 cm³/mol. The summed E-state index contributed by atoms with van der Waals surface area (Å²) in [7, 11) is 0. The third-order valence-electron chi connectivity index (χ3n) is 6.16. The average Bonchev–Trinajstić information content (AvgIpc) is 3.19. The molecule has 34 heavy (non-hydrogen) atoms. The van der Waals surface area contributed by atoms with E-state index in [4.69, 9.17) is 0 Å². The van der Waals surface area contributed by atoms with Gasteiger partial charge in [-0.25, -0.2) is 14.2 Å². The van der Waals surface area contributed by atoms with Gasteiger partial charge in [0, 0.05) is 17.5 Å². The van der Waals surface area contributed by atoms with E-state index < -0.39 is 11.7 Å². The zero-order valence-corrected chi connectivity index (χ0v) is 19.1. The lowest BCUT2D eigenvalue weighted by atomic mass is 9.95. The number of aromatic nitrogens is 2. The van der Waals surface area contributed by atoms with Gasteiger partial charge in [0.25, 0.3) is 5.91 Å². The number of carboxylic acids is 1. The van der Waals surface area contributed by atoms with Crippen LogP contribution in [0.25, 0.3) is 11.1 Å². The number of imidazole rings is 1. The number of carbonyl (C=O) groups is 2. The summed E-state index contributed by atoms with van der Waals surface area (Å²) in [5.74, 6) is -1.34. The van der Waals surface area contributed by atoms with E-state index in [1.807, 2.05) is 44.2 Å². The molecule has 0 aliphatic carbocycles. The number of carbonyl (C=O) groups excluding carboxylic acids is 1. The Morgan fingerprint density at radius 2 is 1.50 bits per heavy atom. The molecule has 0 radical (unpaired) electrons. The summed E-state index contributed by atoms with van der Waals surface area (Å²) in [6, 6.07) is 23.0. The SMILES string of the molecule is CCC(C)c1cn(C(=O)c2ccccc2)c(=O)n1Cc1ccccc1-c1ccccc1C(=O)O. The Morgan fingerprint density at radius 3 is 2.18 bits per heavy atom. The van der Waals surface area contributed by atoms with Crippen LogP contribution in [0.4, 0.5) is 0 Å². The lowest BCUT2D eigenvalue weighted by Gasteiger charge is -2.16. The number of rotatable bonds is 7. The van der Waals surface area contributed by atoms with Crippen LogP contribution in [-0.2, 0) is 6.54 Å². The molecule has 4 rings (SSSR count). The van der Waals surface area contributed by atoms with E-state index in [1.54, 1.807) is 59.3 Å². The fourth-order valence-corrected chi connectivity index (χ4v) is 4.12. The fraction of sp³-hybridized carbons (Fsp3) is 0.179. The van der Waals surface area contributed by atoms with Crippen molar-refractivity contribution in [1.29, 1.82) is 0 Å². The Bertz CT molecular complexity index is 1400. The van der Waals surface area contributed by atoms with Crippen molar-refractivity contribution >= 4 is 11.9 Å². The third kappa shape index (κ3) is 4.35. The van der Waals surface area contributed by atoms with Crippen LogP contribution < -0.4 is 5.69 Å². The molecule has 0 saturated heterocycles. The Labute approximate surface area is 197 Å². The molecule has 6 heteroatoms. The second-order valence-corrected chi connectivity index (χ2v) is 8.28. The van der Waals surface area contributed by atoms with E-state index in [2.05, 4.69) is 0 Å². The smallest absolute Gasteiger partial charge is 0.336 e. The van der Waals surface area contributed by atoms with Gasteiger partial charge in [-0.05, 0) is 47.2 Å². The first-order chi connectivity index (χ1) is 16.4. The van der Waals surface area contributed by atoms with Gasteiger partial charge in [0.05, 0.1) is 12.1 Å². The average molecular weight is 455 g/mol. The van der Waals surface area contributed by atoms with Crippen LogP contribution >= 0.6 is 0 Å². The van der Waals surface area contributed by atoms with Crippen LogP contribution in [0, 0.1) is 0 Å². The number of hydrogen-bond acceptors (Lipinski definition) is 3. The van der Waals surface area contributed by atoms with Gasteiger partial charge in [-0.3, -0.25) is 9.36 Å². The van der Waals surface area contributed by atoms with Crippen molar-refractivity contribution in [3.8, 4) is 11.1 Å². The van der Waals surface area contributed by atoms with E-state index in [9.17, 15) is 19.5 Å². The molecule has 0 bridgehead atoms. The molecule has 1 N–H and O–H groups in total. The van der Waals surface area contributed by atoms with Crippen LogP contribution in [0.2, 0.25) is 0 Å². The normalized spacial score (nSPS) is 11.8. The predicted octanol–water partition coefficient (Wildman–Crippen LogP) is 5.27. The van der Waals surface area contributed by atoms with Gasteiger partial charge in [-0.15, -0.1) is 0 Å². The fourth-order valence-electron chi connectivity index (χ4n) is 4.12. The van der Waals surface area contributed by atoms with Gasteiger partial charge >= 0.3 is 11.7 Å². The van der Waals surface area contributed by atoms with Crippen molar-refractivity contribution in [3.05, 3.63) is 118 Å². The Morgan fingerprint density at radius 1 is 0.882 bits per heavy atom. The molecular formula is C28H26N2O4. The highest BCUT2D eigenvalue weighted by Gasteiger charge is 2.22. The number of carboxylic acid groups (broad SMARTS) is 1. The Hall–Kier alpha value is -4.19. The molecule has 1 atom stereocenters. The van der Waals surface area contributed by atoms with Crippen LogP contribution in [0.1, 0.15) is 58.2 Å². The van der Waals surface area contributed by atoms with Gasteiger partial charge in [-0.1, -0.05) is 74.5 Å². The maximum absolute atomic E-state index is 13.5. The van der Waals surface area contributed by atoms with Crippen molar-refractivity contribution in [2.45, 2.75) is 32.7 Å². The third-order valence-corrected chi connectivity index (χ3v) is 6.16. The topological polar surface area (TPSA) is 81.3 Å². The van der Waals surface area contributed by atoms with Gasteiger partial charge in [0.1, 0.15) is 0 Å². The summed E-state index contributed by atoms with van der Waals surface area (Å²) in [6.07, 6.45) is 2.44. The highest BCUT2D eigenvalue weighted by molar-refractivity contribution is 5.97. The van der Waals surface area contributed by atoms with Crippen molar-refractivity contribution < 1.29 is 14.7 Å². The number of hydrogen-bond donors (Lipinski definition) is 1. The first kappa shape index (κ1) is 23.0. The molecule has 0 aliphatic heterocycles. The van der Waals surface area contributed by atoms with Gasteiger partial charge in [-0.2, -0.15) is 0 Å². The second kappa shape index (κ2) is 9.75. The zero-order chi connectivity index (χ0) is 24.2. The lowest BCUT2D eigenvalue weighted by molar-refractivity contribution is 0.0697. The van der Waals surface area contributed by atoms with E-state index in [-0.39, 0.29) is 23.9 Å².